The van der Waals surface area contributed by atoms with E-state index in [1.807, 2.05) is 36.4 Å². The van der Waals surface area contributed by atoms with Crippen LogP contribution >= 0.6 is 0 Å². The van der Waals surface area contributed by atoms with Gasteiger partial charge in [-0.1, -0.05) is 30.8 Å². The Morgan fingerprint density at radius 1 is 1.08 bits per heavy atom. The molecule has 1 heterocycles. The van der Waals surface area contributed by atoms with Crippen molar-refractivity contribution in [2.45, 2.75) is 0 Å². The first-order chi connectivity index (χ1) is 12.1. The maximum Gasteiger partial charge on any atom is 0.255 e. The van der Waals surface area contributed by atoms with Crippen LogP contribution in [0.3, 0.4) is 0 Å². The number of para-hydroxylation sites is 2. The van der Waals surface area contributed by atoms with E-state index < -0.39 is 0 Å². The van der Waals surface area contributed by atoms with E-state index in [1.54, 1.807) is 12.1 Å². The van der Waals surface area contributed by atoms with Crippen molar-refractivity contribution in [2.75, 3.05) is 43.9 Å². The Labute approximate surface area is 148 Å². The number of benzene rings is 2. The van der Waals surface area contributed by atoms with Gasteiger partial charge in [-0.25, -0.2) is 0 Å². The number of carbonyl (C=O) groups excluding carboxylic acids is 1. The summed E-state index contributed by atoms with van der Waals surface area (Å²) >= 11 is 0. The molecule has 3 rings (SSSR count). The number of anilines is 2. The largest absolute Gasteiger partial charge is 0.397 e. The summed E-state index contributed by atoms with van der Waals surface area (Å²) in [5.74, 6) is -0.178. The van der Waals surface area contributed by atoms with Crippen LogP contribution in [0.2, 0.25) is 0 Å². The van der Waals surface area contributed by atoms with Crippen molar-refractivity contribution in [3.05, 3.63) is 66.2 Å². The molecule has 1 saturated heterocycles. The molecule has 1 amide bonds. The molecule has 0 radical (unpaired) electrons. The topological polar surface area (TPSA) is 67.6 Å². The van der Waals surface area contributed by atoms with E-state index in [0.29, 0.717) is 16.9 Å². The van der Waals surface area contributed by atoms with Crippen molar-refractivity contribution in [3.8, 4) is 0 Å². The highest BCUT2D eigenvalue weighted by atomic mass is 16.5. The predicted octanol–water partition coefficient (Wildman–Crippen LogP) is 2.87. The summed E-state index contributed by atoms with van der Waals surface area (Å²) in [6, 6.07) is 14.7. The Bertz CT molecular complexity index is 750. The second-order valence-electron chi connectivity index (χ2n) is 6.11. The number of carbonyl (C=O) groups is 1. The number of nitrogens with zero attached hydrogens (tertiary/aromatic N) is 1. The van der Waals surface area contributed by atoms with Gasteiger partial charge in [0.05, 0.1) is 24.6 Å². The van der Waals surface area contributed by atoms with Crippen molar-refractivity contribution in [1.82, 2.24) is 4.90 Å². The maximum atomic E-state index is 12.4. The van der Waals surface area contributed by atoms with Crippen LogP contribution in [0.1, 0.15) is 15.9 Å². The van der Waals surface area contributed by atoms with Crippen molar-refractivity contribution in [3.63, 3.8) is 0 Å². The molecule has 2 aromatic rings. The smallest absolute Gasteiger partial charge is 0.255 e. The molecule has 5 nitrogen and oxygen atoms in total. The normalized spacial score (nSPS) is 14.9. The van der Waals surface area contributed by atoms with Crippen molar-refractivity contribution >= 4 is 22.9 Å². The molecule has 0 unspecified atom stereocenters. The molecule has 0 saturated carbocycles. The van der Waals surface area contributed by atoms with Gasteiger partial charge in [0, 0.05) is 25.2 Å². The molecule has 0 atom stereocenters. The summed E-state index contributed by atoms with van der Waals surface area (Å²) in [4.78, 5) is 14.7. The summed E-state index contributed by atoms with van der Waals surface area (Å²) in [5.41, 5.74) is 9.70. The first-order valence-electron chi connectivity index (χ1n) is 8.37. The monoisotopic (exact) mass is 337 g/mol. The molecule has 1 fully saturated rings. The maximum absolute atomic E-state index is 12.4. The van der Waals surface area contributed by atoms with Gasteiger partial charge in [-0.2, -0.15) is 0 Å². The van der Waals surface area contributed by atoms with Gasteiger partial charge in [0.1, 0.15) is 0 Å². The zero-order valence-electron chi connectivity index (χ0n) is 14.2. The lowest BCUT2D eigenvalue weighted by Crippen LogP contribution is -2.37. The number of hydrogen-bond donors (Lipinski definition) is 2. The fraction of sp³-hybridized carbons (Fsp3) is 0.250. The van der Waals surface area contributed by atoms with E-state index in [9.17, 15) is 4.79 Å². The van der Waals surface area contributed by atoms with Crippen LogP contribution in [0.15, 0.2) is 55.1 Å². The van der Waals surface area contributed by atoms with Gasteiger partial charge in [0.2, 0.25) is 0 Å². The number of nitrogens with one attached hydrogen (secondary N) is 1. The van der Waals surface area contributed by atoms with Gasteiger partial charge in [0.25, 0.3) is 5.91 Å². The highest BCUT2D eigenvalue weighted by Gasteiger charge is 2.13. The molecule has 1 aliphatic rings. The minimum Gasteiger partial charge on any atom is -0.397 e. The Kier molecular flexibility index (Phi) is 5.48. The summed E-state index contributed by atoms with van der Waals surface area (Å²) < 4.78 is 5.36. The minimum atomic E-state index is -0.178. The number of rotatable bonds is 5. The summed E-state index contributed by atoms with van der Waals surface area (Å²) in [6.07, 6.45) is 0. The van der Waals surface area contributed by atoms with Crippen molar-refractivity contribution in [1.29, 1.82) is 0 Å². The lowest BCUT2D eigenvalue weighted by Gasteiger charge is -2.27. The molecule has 0 spiro atoms. The average Bonchev–Trinajstić information content (AvgIpc) is 2.64. The van der Waals surface area contributed by atoms with Crippen LogP contribution in [0.25, 0.3) is 5.57 Å². The van der Waals surface area contributed by atoms with E-state index in [0.717, 1.165) is 44.0 Å². The number of nitrogen functional groups attached to an aromatic ring is 1. The van der Waals surface area contributed by atoms with Gasteiger partial charge >= 0.3 is 0 Å². The Morgan fingerprint density at radius 3 is 2.40 bits per heavy atom. The predicted molar refractivity (Wildman–Crippen MR) is 102 cm³/mol. The van der Waals surface area contributed by atoms with Gasteiger partial charge in [-0.05, 0) is 35.4 Å². The third-order valence-corrected chi connectivity index (χ3v) is 4.28. The molecule has 1 aliphatic heterocycles. The zero-order valence-corrected chi connectivity index (χ0v) is 14.2. The highest BCUT2D eigenvalue weighted by molar-refractivity contribution is 6.05. The van der Waals surface area contributed by atoms with E-state index in [4.69, 9.17) is 10.5 Å². The third-order valence-electron chi connectivity index (χ3n) is 4.28. The van der Waals surface area contributed by atoms with E-state index in [1.165, 1.54) is 0 Å². The highest BCUT2D eigenvalue weighted by Crippen LogP contribution is 2.19. The molecule has 0 aromatic heterocycles. The minimum absolute atomic E-state index is 0.178. The Balaban J connectivity index is 1.62. The summed E-state index contributed by atoms with van der Waals surface area (Å²) in [7, 11) is 0. The molecule has 130 valence electrons. The Morgan fingerprint density at radius 2 is 1.72 bits per heavy atom. The molecule has 3 N–H and O–H groups in total. The number of morpholine rings is 1. The first-order valence-corrected chi connectivity index (χ1v) is 8.37. The van der Waals surface area contributed by atoms with Crippen LogP contribution in [0.5, 0.6) is 0 Å². The molecule has 25 heavy (non-hydrogen) atoms. The van der Waals surface area contributed by atoms with E-state index in [-0.39, 0.29) is 5.91 Å². The van der Waals surface area contributed by atoms with Gasteiger partial charge < -0.3 is 15.8 Å². The van der Waals surface area contributed by atoms with Crippen LogP contribution in [-0.2, 0) is 4.74 Å². The van der Waals surface area contributed by atoms with Crippen LogP contribution in [0, 0.1) is 0 Å². The lowest BCUT2D eigenvalue weighted by atomic mass is 10.0. The first kappa shape index (κ1) is 17.2. The van der Waals surface area contributed by atoms with Crippen LogP contribution in [0.4, 0.5) is 11.4 Å². The van der Waals surface area contributed by atoms with Crippen molar-refractivity contribution in [2.24, 2.45) is 0 Å². The van der Waals surface area contributed by atoms with Crippen molar-refractivity contribution < 1.29 is 9.53 Å². The van der Waals surface area contributed by atoms with E-state index >= 15 is 0 Å². The molecule has 5 heteroatoms. The Hall–Kier alpha value is -2.63. The fourth-order valence-corrected chi connectivity index (χ4v) is 2.78. The molecular weight excluding hydrogens is 314 g/mol. The van der Waals surface area contributed by atoms with Gasteiger partial charge in [-0.15, -0.1) is 0 Å². The second kappa shape index (κ2) is 7.96. The second-order valence-corrected chi connectivity index (χ2v) is 6.11. The number of hydrogen-bond acceptors (Lipinski definition) is 4. The van der Waals surface area contributed by atoms with Crippen LogP contribution < -0.4 is 11.1 Å². The fourth-order valence-electron chi connectivity index (χ4n) is 2.78. The zero-order chi connectivity index (χ0) is 17.6. The standard InChI is InChI=1S/C20H23N3O2/c1-15(14-23-10-12-25-13-11-23)16-6-8-17(9-7-16)20(24)22-19-5-3-2-4-18(19)21/h2-9H,1,10-14,21H2,(H,22,24). The quantitative estimate of drug-likeness (QED) is 0.823. The number of amides is 1. The van der Waals surface area contributed by atoms with Gasteiger partial charge in [-0.3, -0.25) is 9.69 Å². The molecule has 0 aliphatic carbocycles. The summed E-state index contributed by atoms with van der Waals surface area (Å²) in [6.45, 7) is 8.39. The van der Waals surface area contributed by atoms with E-state index in [2.05, 4.69) is 16.8 Å². The SMILES string of the molecule is C=C(CN1CCOCC1)c1ccc(C(=O)Nc2ccccc2N)cc1. The third kappa shape index (κ3) is 4.47. The summed E-state index contributed by atoms with van der Waals surface area (Å²) in [5, 5.41) is 2.83. The van der Waals surface area contributed by atoms with Crippen LogP contribution in [-0.4, -0.2) is 43.7 Å². The lowest BCUT2D eigenvalue weighted by molar-refractivity contribution is 0.0444. The average molecular weight is 337 g/mol. The number of nitrogens with two attached hydrogens (primary N) is 1. The number of ether oxygens (including phenoxy) is 1. The molecule has 2 aromatic carbocycles. The molecular formula is C20H23N3O2. The molecule has 0 bridgehead atoms. The van der Waals surface area contributed by atoms with Gasteiger partial charge in [0.15, 0.2) is 0 Å².